The van der Waals surface area contributed by atoms with Crippen LogP contribution in [0.5, 0.6) is 0 Å². The van der Waals surface area contributed by atoms with Crippen LogP contribution in [0.15, 0.2) is 5.16 Å². The van der Waals surface area contributed by atoms with Crippen molar-refractivity contribution >= 4 is 23.7 Å². The van der Waals surface area contributed by atoms with Crippen molar-refractivity contribution < 1.29 is 19.5 Å². The largest absolute Gasteiger partial charge is 0.394 e. The van der Waals surface area contributed by atoms with E-state index in [-0.39, 0.29) is 18.4 Å². The summed E-state index contributed by atoms with van der Waals surface area (Å²) in [5.74, 6) is -0.247. The lowest BCUT2D eigenvalue weighted by Crippen LogP contribution is -2.25. The van der Waals surface area contributed by atoms with Crippen molar-refractivity contribution in [3.63, 3.8) is 0 Å². The summed E-state index contributed by atoms with van der Waals surface area (Å²) in [5, 5.41) is 12.7. The van der Waals surface area contributed by atoms with Crippen LogP contribution < -0.4 is 5.73 Å². The molecule has 1 aromatic heterocycles. The van der Waals surface area contributed by atoms with Gasteiger partial charge in [0, 0.05) is 5.69 Å². The molecule has 0 saturated heterocycles. The second-order valence-corrected chi connectivity index (χ2v) is 5.98. The lowest BCUT2D eigenvalue weighted by atomic mass is 9.85. The van der Waals surface area contributed by atoms with E-state index in [4.69, 9.17) is 32.0 Å². The number of aliphatic hydroxyl groups excluding tert-OH is 1. The highest BCUT2D eigenvalue weighted by Gasteiger charge is 2.29. The van der Waals surface area contributed by atoms with Gasteiger partial charge in [-0.3, -0.25) is 4.79 Å². The van der Waals surface area contributed by atoms with Gasteiger partial charge >= 0.3 is 0 Å². The standard InChI is InChI=1S/C16H24ClN3O4/c17-5-8-24-19-10-14-11(4-7-23-9-6-21)12-2-1-3-13(16(18)22)15(12)20-14/h10,13,20-21H,1-9H2,(H2,18,22)/b19-10+. The number of amides is 1. The number of halogens is 1. The van der Waals surface area contributed by atoms with Gasteiger partial charge in [-0.15, -0.1) is 11.6 Å². The summed E-state index contributed by atoms with van der Waals surface area (Å²) in [7, 11) is 0. The van der Waals surface area contributed by atoms with Gasteiger partial charge in [-0.2, -0.15) is 0 Å². The van der Waals surface area contributed by atoms with Gasteiger partial charge in [0.1, 0.15) is 6.61 Å². The first-order valence-electron chi connectivity index (χ1n) is 8.11. The molecule has 1 aromatic rings. The molecule has 0 aromatic carbocycles. The van der Waals surface area contributed by atoms with Gasteiger partial charge in [-0.05, 0) is 36.8 Å². The summed E-state index contributed by atoms with van der Waals surface area (Å²) in [6, 6.07) is 0. The highest BCUT2D eigenvalue weighted by molar-refractivity contribution is 6.17. The summed E-state index contributed by atoms with van der Waals surface area (Å²) in [5.41, 5.74) is 9.40. The second kappa shape index (κ2) is 9.66. The molecule has 1 heterocycles. The average molecular weight is 358 g/mol. The SMILES string of the molecule is NC(=O)C1CCCc2c1[nH]c(/C=N/OCCCl)c2CCOCCO. The molecule has 8 heteroatoms. The molecule has 134 valence electrons. The van der Waals surface area contributed by atoms with Gasteiger partial charge in [0.15, 0.2) is 0 Å². The van der Waals surface area contributed by atoms with E-state index in [2.05, 4.69) is 10.1 Å². The number of carbonyl (C=O) groups excluding carboxylic acids is 1. The van der Waals surface area contributed by atoms with Crippen molar-refractivity contribution in [3.05, 3.63) is 22.5 Å². The predicted octanol–water partition coefficient (Wildman–Crippen LogP) is 1.06. The number of hydrogen-bond donors (Lipinski definition) is 3. The number of aliphatic hydroxyl groups is 1. The van der Waals surface area contributed by atoms with Crippen molar-refractivity contribution in [3.8, 4) is 0 Å². The van der Waals surface area contributed by atoms with E-state index < -0.39 is 0 Å². The molecule has 1 aliphatic carbocycles. The highest BCUT2D eigenvalue weighted by Crippen LogP contribution is 2.34. The molecular formula is C16H24ClN3O4. The number of nitrogens with zero attached hydrogens (tertiary/aromatic N) is 1. The summed E-state index contributed by atoms with van der Waals surface area (Å²) in [6.07, 6.45) is 4.82. The molecule has 1 aliphatic rings. The molecule has 7 nitrogen and oxygen atoms in total. The Kier molecular flexibility index (Phi) is 7.55. The van der Waals surface area contributed by atoms with Gasteiger partial charge in [0.2, 0.25) is 5.91 Å². The number of aromatic amines is 1. The number of hydrogen-bond acceptors (Lipinski definition) is 5. The number of nitrogens with one attached hydrogen (secondary N) is 1. The van der Waals surface area contributed by atoms with Crippen LogP contribution in [-0.4, -0.2) is 54.5 Å². The monoisotopic (exact) mass is 357 g/mol. The van der Waals surface area contributed by atoms with Gasteiger partial charge in [0.25, 0.3) is 0 Å². The van der Waals surface area contributed by atoms with Gasteiger partial charge in [0.05, 0.1) is 43.5 Å². The Balaban J connectivity index is 2.22. The van der Waals surface area contributed by atoms with Crippen LogP contribution >= 0.6 is 11.6 Å². The lowest BCUT2D eigenvalue weighted by molar-refractivity contribution is -0.119. The van der Waals surface area contributed by atoms with Gasteiger partial charge in [-0.1, -0.05) is 5.16 Å². The molecule has 0 saturated carbocycles. The molecule has 1 atom stereocenters. The molecule has 0 radical (unpaired) electrons. The first-order chi connectivity index (χ1) is 11.7. The summed E-state index contributed by atoms with van der Waals surface area (Å²) < 4.78 is 5.37. The zero-order chi connectivity index (χ0) is 17.4. The minimum absolute atomic E-state index is 0.00439. The van der Waals surface area contributed by atoms with Crippen LogP contribution in [0.2, 0.25) is 0 Å². The number of primary amides is 1. The number of alkyl halides is 1. The van der Waals surface area contributed by atoms with Gasteiger partial charge < -0.3 is 25.4 Å². The average Bonchev–Trinajstić information content (AvgIpc) is 2.93. The van der Waals surface area contributed by atoms with E-state index in [0.29, 0.717) is 32.1 Å². The maximum atomic E-state index is 11.7. The van der Waals surface area contributed by atoms with E-state index >= 15 is 0 Å². The fraction of sp³-hybridized carbons (Fsp3) is 0.625. The van der Waals surface area contributed by atoms with Crippen molar-refractivity contribution in [2.75, 3.05) is 32.3 Å². The number of oxime groups is 1. The minimum Gasteiger partial charge on any atom is -0.394 e. The Hall–Kier alpha value is -1.57. The molecule has 2 rings (SSSR count). The van der Waals surface area contributed by atoms with Crippen LogP contribution in [0, 0.1) is 0 Å². The summed E-state index contributed by atoms with van der Waals surface area (Å²) >= 11 is 5.55. The zero-order valence-corrected chi connectivity index (χ0v) is 14.3. The van der Waals surface area contributed by atoms with E-state index in [9.17, 15) is 4.79 Å². The zero-order valence-electron chi connectivity index (χ0n) is 13.6. The van der Waals surface area contributed by atoms with Crippen LogP contribution in [0.25, 0.3) is 0 Å². The van der Waals surface area contributed by atoms with Crippen LogP contribution in [0.4, 0.5) is 0 Å². The van der Waals surface area contributed by atoms with Crippen molar-refractivity contribution in [2.24, 2.45) is 10.9 Å². The minimum atomic E-state index is -0.317. The molecule has 24 heavy (non-hydrogen) atoms. The van der Waals surface area contributed by atoms with Crippen molar-refractivity contribution in [1.82, 2.24) is 4.98 Å². The number of aromatic nitrogens is 1. The fourth-order valence-electron chi connectivity index (χ4n) is 3.03. The van der Waals surface area contributed by atoms with E-state index in [1.54, 1.807) is 6.21 Å². The topological polar surface area (TPSA) is 110 Å². The fourth-order valence-corrected chi connectivity index (χ4v) is 3.10. The molecule has 0 fully saturated rings. The highest BCUT2D eigenvalue weighted by atomic mass is 35.5. The van der Waals surface area contributed by atoms with E-state index in [1.165, 1.54) is 0 Å². The Morgan fingerprint density at radius 1 is 1.46 bits per heavy atom. The third kappa shape index (κ3) is 4.72. The van der Waals surface area contributed by atoms with Crippen LogP contribution in [0.1, 0.15) is 41.3 Å². The summed E-state index contributed by atoms with van der Waals surface area (Å²) in [6.45, 7) is 1.11. The first kappa shape index (κ1) is 18.8. The number of fused-ring (bicyclic) bond motifs is 1. The molecule has 0 aliphatic heterocycles. The maximum absolute atomic E-state index is 11.7. The van der Waals surface area contributed by atoms with Crippen LogP contribution in [0.3, 0.4) is 0 Å². The Morgan fingerprint density at radius 2 is 2.29 bits per heavy atom. The molecule has 4 N–H and O–H groups in total. The molecule has 1 amide bonds. The maximum Gasteiger partial charge on any atom is 0.226 e. The lowest BCUT2D eigenvalue weighted by Gasteiger charge is -2.20. The number of carbonyl (C=O) groups is 1. The third-order valence-corrected chi connectivity index (χ3v) is 4.21. The quantitative estimate of drug-likeness (QED) is 0.252. The number of ether oxygens (including phenoxy) is 1. The van der Waals surface area contributed by atoms with Crippen molar-refractivity contribution in [1.29, 1.82) is 0 Å². The molecular weight excluding hydrogens is 334 g/mol. The Morgan fingerprint density at radius 3 is 3.00 bits per heavy atom. The Bertz CT molecular complexity index is 574. The van der Waals surface area contributed by atoms with E-state index in [0.717, 1.165) is 41.8 Å². The second-order valence-electron chi connectivity index (χ2n) is 5.60. The van der Waals surface area contributed by atoms with Gasteiger partial charge in [-0.25, -0.2) is 0 Å². The van der Waals surface area contributed by atoms with Crippen LogP contribution in [-0.2, 0) is 27.2 Å². The summed E-state index contributed by atoms with van der Waals surface area (Å²) in [4.78, 5) is 20.0. The first-order valence-corrected chi connectivity index (χ1v) is 8.65. The smallest absolute Gasteiger partial charge is 0.226 e. The number of H-pyrrole nitrogens is 1. The molecule has 0 spiro atoms. The van der Waals surface area contributed by atoms with E-state index in [1.807, 2.05) is 0 Å². The number of nitrogens with two attached hydrogens (primary N) is 1. The number of rotatable bonds is 10. The molecule has 0 bridgehead atoms. The normalized spacial score (nSPS) is 17.2. The van der Waals surface area contributed by atoms with Crippen molar-refractivity contribution in [2.45, 2.75) is 31.6 Å². The third-order valence-electron chi connectivity index (χ3n) is 4.05. The predicted molar refractivity (Wildman–Crippen MR) is 91.5 cm³/mol. The Labute approximate surface area is 146 Å². The molecule has 1 unspecified atom stereocenters.